The molecule has 0 unspecified atom stereocenters. The van der Waals surface area contributed by atoms with Crippen LogP contribution in [0.2, 0.25) is 0 Å². The molecule has 196 valence electrons. The molecule has 0 aliphatic carbocycles. The second-order valence-corrected chi connectivity index (χ2v) is 15.1. The van der Waals surface area contributed by atoms with Crippen molar-refractivity contribution in [2.45, 2.75) is 93.9 Å². The van der Waals surface area contributed by atoms with Gasteiger partial charge in [-0.05, 0) is 79.7 Å². The van der Waals surface area contributed by atoms with Gasteiger partial charge < -0.3 is 10.2 Å². The molecule has 0 atom stereocenters. The number of thioether (sulfide) groups is 2. The first-order chi connectivity index (χ1) is 16.0. The standard InChI is InChI=1S/C30H46O3S2/c1-27(2,21-31)15-9-11-22-17-28(3,4)19-24(34-22)13-14-25-20-29(5,6)18-23(35-25)12-10-16-30(7,8)26(32)33/h13-14,17-20,31H,9-12,15-16,21H2,1-8H3,(H,32,33)/b14-13-. The number of carboxylic acid groups (broad SMARTS) is 1. The Kier molecular flexibility index (Phi) is 10.2. The molecular formula is C30H46O3S2. The summed E-state index contributed by atoms with van der Waals surface area (Å²) in [5.41, 5.74) is -0.673. The molecule has 2 aliphatic rings. The van der Waals surface area contributed by atoms with Crippen LogP contribution in [0.4, 0.5) is 0 Å². The van der Waals surface area contributed by atoms with Crippen LogP contribution in [0, 0.1) is 21.7 Å². The molecule has 0 bridgehead atoms. The maximum Gasteiger partial charge on any atom is 0.309 e. The van der Waals surface area contributed by atoms with E-state index >= 15 is 0 Å². The van der Waals surface area contributed by atoms with E-state index < -0.39 is 11.4 Å². The smallest absolute Gasteiger partial charge is 0.309 e. The Balaban J connectivity index is 2.01. The molecule has 0 aromatic carbocycles. The zero-order valence-corrected chi connectivity index (χ0v) is 24.7. The van der Waals surface area contributed by atoms with E-state index in [1.807, 2.05) is 37.4 Å². The van der Waals surface area contributed by atoms with Crippen LogP contribution in [0.1, 0.15) is 93.9 Å². The van der Waals surface area contributed by atoms with Crippen molar-refractivity contribution >= 4 is 29.5 Å². The molecule has 0 fully saturated rings. The molecule has 2 N–H and O–H groups in total. The molecular weight excluding hydrogens is 472 g/mol. The van der Waals surface area contributed by atoms with Crippen molar-refractivity contribution in [1.29, 1.82) is 0 Å². The topological polar surface area (TPSA) is 57.5 Å². The van der Waals surface area contributed by atoms with Gasteiger partial charge in [0.2, 0.25) is 0 Å². The van der Waals surface area contributed by atoms with Crippen LogP contribution >= 0.6 is 23.5 Å². The summed E-state index contributed by atoms with van der Waals surface area (Å²) in [5.74, 6) is -0.724. The fraction of sp³-hybridized carbons (Fsp3) is 0.633. The molecule has 0 spiro atoms. The van der Waals surface area contributed by atoms with Gasteiger partial charge in [-0.15, -0.1) is 0 Å². The Hall–Kier alpha value is -1.17. The second-order valence-electron chi connectivity index (χ2n) is 12.7. The van der Waals surface area contributed by atoms with E-state index in [2.05, 4.69) is 78.0 Å². The highest BCUT2D eigenvalue weighted by molar-refractivity contribution is 8.07. The van der Waals surface area contributed by atoms with Gasteiger partial charge in [-0.2, -0.15) is 0 Å². The van der Waals surface area contributed by atoms with Gasteiger partial charge in [0.15, 0.2) is 0 Å². The Morgan fingerprint density at radius 1 is 0.829 bits per heavy atom. The second kappa shape index (κ2) is 11.9. The molecule has 2 rings (SSSR count). The summed E-state index contributed by atoms with van der Waals surface area (Å²) in [6, 6.07) is 0. The quantitative estimate of drug-likeness (QED) is 0.270. The van der Waals surface area contributed by atoms with E-state index in [0.717, 1.165) is 32.1 Å². The minimum absolute atomic E-state index is 0.0134. The molecule has 0 saturated carbocycles. The van der Waals surface area contributed by atoms with Crippen LogP contribution in [0.5, 0.6) is 0 Å². The fourth-order valence-corrected chi connectivity index (χ4v) is 7.09. The highest BCUT2D eigenvalue weighted by Crippen LogP contribution is 2.44. The van der Waals surface area contributed by atoms with Crippen molar-refractivity contribution in [3.63, 3.8) is 0 Å². The first kappa shape index (κ1) is 30.1. The van der Waals surface area contributed by atoms with Gasteiger partial charge in [-0.3, -0.25) is 4.79 Å². The lowest BCUT2D eigenvalue weighted by Gasteiger charge is -2.27. The van der Waals surface area contributed by atoms with Gasteiger partial charge in [0.25, 0.3) is 0 Å². The van der Waals surface area contributed by atoms with E-state index in [-0.39, 0.29) is 22.9 Å². The van der Waals surface area contributed by atoms with Crippen LogP contribution in [-0.2, 0) is 4.79 Å². The summed E-state index contributed by atoms with van der Waals surface area (Å²) in [4.78, 5) is 16.7. The van der Waals surface area contributed by atoms with Crippen LogP contribution in [0.3, 0.4) is 0 Å². The van der Waals surface area contributed by atoms with Crippen molar-refractivity contribution in [3.8, 4) is 0 Å². The first-order valence-corrected chi connectivity index (χ1v) is 14.4. The average molecular weight is 519 g/mol. The highest BCUT2D eigenvalue weighted by Gasteiger charge is 2.27. The third-order valence-electron chi connectivity index (χ3n) is 6.51. The highest BCUT2D eigenvalue weighted by atomic mass is 32.2. The van der Waals surface area contributed by atoms with Crippen LogP contribution in [0.25, 0.3) is 0 Å². The fourth-order valence-electron chi connectivity index (χ4n) is 4.27. The average Bonchev–Trinajstić information content (AvgIpc) is 2.70. The number of rotatable bonds is 12. The van der Waals surface area contributed by atoms with Gasteiger partial charge >= 0.3 is 5.97 Å². The molecule has 0 aromatic rings. The van der Waals surface area contributed by atoms with E-state index in [1.54, 1.807) is 0 Å². The van der Waals surface area contributed by atoms with Crippen molar-refractivity contribution in [1.82, 2.24) is 0 Å². The number of aliphatic hydroxyl groups is 1. The van der Waals surface area contributed by atoms with Crippen LogP contribution in [-0.4, -0.2) is 22.8 Å². The molecule has 0 aromatic heterocycles. The Morgan fingerprint density at radius 2 is 1.26 bits per heavy atom. The van der Waals surface area contributed by atoms with Crippen molar-refractivity contribution < 1.29 is 15.0 Å². The summed E-state index contributed by atoms with van der Waals surface area (Å²) in [5, 5.41) is 18.9. The number of carbonyl (C=O) groups is 1. The summed E-state index contributed by atoms with van der Waals surface area (Å²) in [6.07, 6.45) is 19.5. The lowest BCUT2D eigenvalue weighted by molar-refractivity contribution is -0.147. The molecule has 3 nitrogen and oxygen atoms in total. The molecule has 2 heterocycles. The third-order valence-corrected chi connectivity index (χ3v) is 8.66. The van der Waals surface area contributed by atoms with E-state index in [0.29, 0.717) is 6.42 Å². The third kappa shape index (κ3) is 10.4. The minimum atomic E-state index is -0.724. The zero-order chi connectivity index (χ0) is 26.5. The minimum Gasteiger partial charge on any atom is -0.481 e. The molecule has 35 heavy (non-hydrogen) atoms. The molecule has 2 aliphatic heterocycles. The normalized spacial score (nSPS) is 20.3. The van der Waals surface area contributed by atoms with E-state index in [9.17, 15) is 15.0 Å². The number of hydrogen-bond donors (Lipinski definition) is 2. The number of carboxylic acids is 1. The maximum absolute atomic E-state index is 11.4. The number of aliphatic hydroxyl groups excluding tert-OH is 1. The van der Waals surface area contributed by atoms with Crippen LogP contribution < -0.4 is 0 Å². The summed E-state index contributed by atoms with van der Waals surface area (Å²) in [6.45, 7) is 17.1. The molecule has 0 saturated heterocycles. The maximum atomic E-state index is 11.4. The SMILES string of the molecule is CC1(C)C=C(/C=C\C2=CC(C)(C)C=C(CCCC(C)(C)C(=O)O)S2)SC(CCCC(C)(C)CO)=C1. The Morgan fingerprint density at radius 3 is 1.66 bits per heavy atom. The van der Waals surface area contributed by atoms with Crippen LogP contribution in [0.15, 0.2) is 56.1 Å². The lowest BCUT2D eigenvalue weighted by atomic mass is 9.86. The monoisotopic (exact) mass is 518 g/mol. The Labute approximate surface area is 222 Å². The largest absolute Gasteiger partial charge is 0.481 e. The molecule has 0 amide bonds. The predicted molar refractivity (Wildman–Crippen MR) is 154 cm³/mol. The molecule has 0 radical (unpaired) electrons. The van der Waals surface area contributed by atoms with Crippen molar-refractivity contribution in [3.05, 3.63) is 56.1 Å². The van der Waals surface area contributed by atoms with Gasteiger partial charge in [-0.1, -0.05) is 89.4 Å². The number of aliphatic carboxylic acids is 1. The van der Waals surface area contributed by atoms with Gasteiger partial charge in [0, 0.05) is 27.2 Å². The first-order valence-electron chi connectivity index (χ1n) is 12.8. The summed E-state index contributed by atoms with van der Waals surface area (Å²) >= 11 is 3.68. The van der Waals surface area contributed by atoms with E-state index in [1.165, 1.54) is 19.6 Å². The summed E-state index contributed by atoms with van der Waals surface area (Å²) in [7, 11) is 0. The van der Waals surface area contributed by atoms with E-state index in [4.69, 9.17) is 0 Å². The van der Waals surface area contributed by atoms with Gasteiger partial charge in [0.1, 0.15) is 0 Å². The Bertz CT molecular complexity index is 927. The lowest BCUT2D eigenvalue weighted by Crippen LogP contribution is -2.23. The molecule has 5 heteroatoms. The van der Waals surface area contributed by atoms with Gasteiger partial charge in [-0.25, -0.2) is 0 Å². The van der Waals surface area contributed by atoms with Crippen molar-refractivity contribution in [2.75, 3.05) is 6.61 Å². The summed E-state index contributed by atoms with van der Waals surface area (Å²) < 4.78 is 0. The van der Waals surface area contributed by atoms with Gasteiger partial charge in [0.05, 0.1) is 5.41 Å². The number of allylic oxidation sites excluding steroid dienone is 8. The predicted octanol–water partition coefficient (Wildman–Crippen LogP) is 9.09. The zero-order valence-electron chi connectivity index (χ0n) is 23.0. The number of hydrogen-bond acceptors (Lipinski definition) is 4. The van der Waals surface area contributed by atoms with Crippen molar-refractivity contribution in [2.24, 2.45) is 21.7 Å².